The predicted molar refractivity (Wildman–Crippen MR) is 46.2 cm³/mol. The Morgan fingerprint density at radius 2 is 2.00 bits per heavy atom. The molecule has 0 radical (unpaired) electrons. The van der Waals surface area contributed by atoms with Crippen LogP contribution in [-0.2, 0) is 13.2 Å². The van der Waals surface area contributed by atoms with Gasteiger partial charge in [-0.05, 0) is 0 Å². The average Bonchev–Trinajstić information content (AvgIpc) is 2.70. The van der Waals surface area contributed by atoms with Crippen molar-refractivity contribution in [1.82, 2.24) is 20.0 Å². The van der Waals surface area contributed by atoms with E-state index in [1.165, 1.54) is 7.05 Å². The molecule has 0 unspecified atom stereocenters. The molecule has 5 nitrogen and oxygen atoms in total. The summed E-state index contributed by atoms with van der Waals surface area (Å²) in [6.07, 6.45) is -4.48. The third-order valence-electron chi connectivity index (χ3n) is 1.92. The van der Waals surface area contributed by atoms with E-state index in [4.69, 9.17) is 4.42 Å². The van der Waals surface area contributed by atoms with Gasteiger partial charge in [-0.3, -0.25) is 4.68 Å². The van der Waals surface area contributed by atoms with Crippen LogP contribution in [0.15, 0.2) is 10.5 Å². The van der Waals surface area contributed by atoms with Crippen molar-refractivity contribution in [3.8, 4) is 11.6 Å². The van der Waals surface area contributed by atoms with Crippen LogP contribution in [0.25, 0.3) is 11.6 Å². The third-order valence-corrected chi connectivity index (χ3v) is 1.92. The van der Waals surface area contributed by atoms with E-state index in [0.717, 1.165) is 10.7 Å². The summed E-state index contributed by atoms with van der Waals surface area (Å²) in [4.78, 5) is 0. The minimum absolute atomic E-state index is 0.0167. The van der Waals surface area contributed by atoms with Crippen molar-refractivity contribution in [1.29, 1.82) is 0 Å². The SMILES string of the molecule is Cc1nnc(-c2cc(C(F)(F)F)nn2C)o1. The molecule has 0 aliphatic carbocycles. The lowest BCUT2D eigenvalue weighted by Gasteiger charge is -1.98. The van der Waals surface area contributed by atoms with Gasteiger partial charge in [0.25, 0.3) is 5.89 Å². The fourth-order valence-electron chi connectivity index (χ4n) is 1.21. The van der Waals surface area contributed by atoms with E-state index in [-0.39, 0.29) is 17.5 Å². The van der Waals surface area contributed by atoms with E-state index in [9.17, 15) is 13.2 Å². The molecule has 16 heavy (non-hydrogen) atoms. The summed E-state index contributed by atoms with van der Waals surface area (Å²) < 4.78 is 43.2. The summed E-state index contributed by atoms with van der Waals surface area (Å²) in [6.45, 7) is 1.55. The smallest absolute Gasteiger partial charge is 0.420 e. The van der Waals surface area contributed by atoms with Crippen LogP contribution in [0.1, 0.15) is 11.6 Å². The molecule has 0 saturated carbocycles. The molecule has 0 N–H and O–H groups in total. The summed E-state index contributed by atoms with van der Waals surface area (Å²) in [5, 5.41) is 10.5. The number of aromatic nitrogens is 4. The Bertz CT molecular complexity index is 514. The van der Waals surface area contributed by atoms with Crippen LogP contribution in [0.2, 0.25) is 0 Å². The van der Waals surface area contributed by atoms with Crippen LogP contribution in [0.5, 0.6) is 0 Å². The van der Waals surface area contributed by atoms with E-state index in [1.54, 1.807) is 6.92 Å². The molecule has 0 aliphatic heterocycles. The average molecular weight is 232 g/mol. The van der Waals surface area contributed by atoms with Gasteiger partial charge in [-0.15, -0.1) is 10.2 Å². The van der Waals surface area contributed by atoms with Gasteiger partial charge in [0.2, 0.25) is 5.89 Å². The summed E-state index contributed by atoms with van der Waals surface area (Å²) in [5.74, 6) is 0.299. The van der Waals surface area contributed by atoms with E-state index < -0.39 is 11.9 Å². The van der Waals surface area contributed by atoms with Crippen molar-refractivity contribution in [2.45, 2.75) is 13.1 Å². The monoisotopic (exact) mass is 232 g/mol. The summed E-state index contributed by atoms with van der Waals surface area (Å²) >= 11 is 0. The normalized spacial score (nSPS) is 12.1. The number of aryl methyl sites for hydroxylation is 2. The van der Waals surface area contributed by atoms with Gasteiger partial charge in [-0.2, -0.15) is 18.3 Å². The number of halogens is 3. The molecule has 0 atom stereocenters. The second-order valence-corrected chi connectivity index (χ2v) is 3.16. The highest BCUT2D eigenvalue weighted by Crippen LogP contribution is 2.30. The maximum absolute atomic E-state index is 12.4. The molecule has 2 aromatic heterocycles. The first-order chi connectivity index (χ1) is 7.38. The Balaban J connectivity index is 2.47. The van der Waals surface area contributed by atoms with Crippen molar-refractivity contribution in [2.75, 3.05) is 0 Å². The van der Waals surface area contributed by atoms with Crippen molar-refractivity contribution in [3.05, 3.63) is 17.7 Å². The van der Waals surface area contributed by atoms with E-state index in [2.05, 4.69) is 15.3 Å². The molecule has 2 rings (SSSR count). The van der Waals surface area contributed by atoms with E-state index >= 15 is 0 Å². The van der Waals surface area contributed by atoms with Crippen molar-refractivity contribution < 1.29 is 17.6 Å². The number of hydrogen-bond donors (Lipinski definition) is 0. The second kappa shape index (κ2) is 3.32. The fourth-order valence-corrected chi connectivity index (χ4v) is 1.21. The zero-order chi connectivity index (χ0) is 11.9. The number of nitrogens with zero attached hydrogens (tertiary/aromatic N) is 4. The number of alkyl halides is 3. The van der Waals surface area contributed by atoms with Gasteiger partial charge in [0.1, 0.15) is 5.69 Å². The van der Waals surface area contributed by atoms with E-state index in [1.807, 2.05) is 0 Å². The molecule has 0 saturated heterocycles. The Morgan fingerprint density at radius 1 is 1.31 bits per heavy atom. The quantitative estimate of drug-likeness (QED) is 0.752. The Kier molecular flexibility index (Phi) is 2.21. The standard InChI is InChI=1S/C8H7F3N4O/c1-4-12-13-7(16-4)5-3-6(8(9,10)11)14-15(5)2/h3H,1-2H3. The number of hydrogen-bond acceptors (Lipinski definition) is 4. The maximum Gasteiger partial charge on any atom is 0.435 e. The molecule has 0 bridgehead atoms. The summed E-state index contributed by atoms with van der Waals surface area (Å²) in [7, 11) is 1.38. The molecule has 2 heterocycles. The Labute approximate surface area is 87.9 Å². The van der Waals surface area contributed by atoms with Gasteiger partial charge in [0.15, 0.2) is 5.69 Å². The van der Waals surface area contributed by atoms with Crippen LogP contribution in [0.4, 0.5) is 13.2 Å². The highest BCUT2D eigenvalue weighted by molar-refractivity contribution is 5.47. The molecule has 86 valence electrons. The minimum atomic E-state index is -4.48. The first kappa shape index (κ1) is 10.7. The van der Waals surface area contributed by atoms with Gasteiger partial charge >= 0.3 is 6.18 Å². The molecule has 0 spiro atoms. The van der Waals surface area contributed by atoms with Crippen LogP contribution in [0.3, 0.4) is 0 Å². The highest BCUT2D eigenvalue weighted by Gasteiger charge is 2.35. The van der Waals surface area contributed by atoms with Gasteiger partial charge in [-0.25, -0.2) is 0 Å². The maximum atomic E-state index is 12.4. The molecule has 0 fully saturated rings. The van der Waals surface area contributed by atoms with Gasteiger partial charge < -0.3 is 4.42 Å². The van der Waals surface area contributed by atoms with Crippen LogP contribution in [0, 0.1) is 6.92 Å². The molecule has 0 aliphatic rings. The first-order valence-electron chi connectivity index (χ1n) is 4.29. The second-order valence-electron chi connectivity index (χ2n) is 3.16. The molecular weight excluding hydrogens is 225 g/mol. The zero-order valence-electron chi connectivity index (χ0n) is 8.41. The van der Waals surface area contributed by atoms with Crippen molar-refractivity contribution in [3.63, 3.8) is 0 Å². The third kappa shape index (κ3) is 1.77. The molecular formula is C8H7F3N4O. The van der Waals surface area contributed by atoms with E-state index in [0.29, 0.717) is 0 Å². The topological polar surface area (TPSA) is 56.7 Å². The van der Waals surface area contributed by atoms with Gasteiger partial charge in [-0.1, -0.05) is 0 Å². The van der Waals surface area contributed by atoms with Gasteiger partial charge in [0.05, 0.1) is 0 Å². The summed E-state index contributed by atoms with van der Waals surface area (Å²) in [6, 6.07) is 0.868. The lowest BCUT2D eigenvalue weighted by atomic mass is 10.3. The number of rotatable bonds is 1. The molecule has 8 heteroatoms. The van der Waals surface area contributed by atoms with Crippen molar-refractivity contribution in [2.24, 2.45) is 7.05 Å². The summed E-state index contributed by atoms with van der Waals surface area (Å²) in [5.41, 5.74) is -0.853. The molecule has 2 aromatic rings. The molecule has 0 amide bonds. The zero-order valence-corrected chi connectivity index (χ0v) is 8.41. The lowest BCUT2D eigenvalue weighted by Crippen LogP contribution is -2.06. The minimum Gasteiger partial charge on any atom is -0.420 e. The molecule has 0 aromatic carbocycles. The Hall–Kier alpha value is -1.86. The fraction of sp³-hybridized carbons (Fsp3) is 0.375. The van der Waals surface area contributed by atoms with Gasteiger partial charge in [0, 0.05) is 20.0 Å². The van der Waals surface area contributed by atoms with Crippen LogP contribution >= 0.6 is 0 Å². The predicted octanol–water partition coefficient (Wildman–Crippen LogP) is 1.80. The largest absolute Gasteiger partial charge is 0.435 e. The van der Waals surface area contributed by atoms with Crippen molar-refractivity contribution >= 4 is 0 Å². The van der Waals surface area contributed by atoms with Crippen LogP contribution in [-0.4, -0.2) is 20.0 Å². The lowest BCUT2D eigenvalue weighted by molar-refractivity contribution is -0.141. The first-order valence-corrected chi connectivity index (χ1v) is 4.29. The Morgan fingerprint density at radius 3 is 2.44 bits per heavy atom. The highest BCUT2D eigenvalue weighted by atomic mass is 19.4. The van der Waals surface area contributed by atoms with Crippen LogP contribution < -0.4 is 0 Å².